The van der Waals surface area contributed by atoms with Gasteiger partial charge in [0.25, 0.3) is 0 Å². The maximum atomic E-state index is 12.7. The lowest BCUT2D eigenvalue weighted by Crippen LogP contribution is -2.07. The molecule has 0 amide bonds. The molecule has 0 bridgehead atoms. The number of carbonyl (C=O) groups is 1. The number of anilines is 2. The highest BCUT2D eigenvalue weighted by molar-refractivity contribution is 5.96. The molecule has 0 spiro atoms. The zero-order valence-electron chi connectivity index (χ0n) is 15.7. The summed E-state index contributed by atoms with van der Waals surface area (Å²) in [6.07, 6.45) is 1.67. The van der Waals surface area contributed by atoms with Crippen molar-refractivity contribution in [3.63, 3.8) is 0 Å². The van der Waals surface area contributed by atoms with E-state index >= 15 is 0 Å². The number of nitrogens with zero attached hydrogens (tertiary/aromatic N) is 2. The third-order valence-electron chi connectivity index (χ3n) is 4.32. The van der Waals surface area contributed by atoms with Crippen molar-refractivity contribution < 1.29 is 9.53 Å². The fraction of sp³-hybridized carbons (Fsp3) is 0.0417. The summed E-state index contributed by atoms with van der Waals surface area (Å²) in [7, 11) is 0. The van der Waals surface area contributed by atoms with Crippen LogP contribution in [0.2, 0.25) is 0 Å². The molecule has 0 saturated heterocycles. The number of nitrogens with one attached hydrogen (secondary N) is 1. The van der Waals surface area contributed by atoms with Crippen molar-refractivity contribution in [2.75, 3.05) is 5.32 Å². The average molecular weight is 381 g/mol. The maximum absolute atomic E-state index is 12.7. The van der Waals surface area contributed by atoms with Crippen LogP contribution < -0.4 is 5.32 Å². The Morgan fingerprint density at radius 3 is 2.31 bits per heavy atom. The van der Waals surface area contributed by atoms with Gasteiger partial charge in [0.1, 0.15) is 6.61 Å². The molecule has 142 valence electrons. The van der Waals surface area contributed by atoms with E-state index in [4.69, 9.17) is 4.74 Å². The van der Waals surface area contributed by atoms with Crippen LogP contribution in [0.25, 0.3) is 11.3 Å². The highest BCUT2D eigenvalue weighted by atomic mass is 16.5. The summed E-state index contributed by atoms with van der Waals surface area (Å²) in [5.41, 5.74) is 3.64. The Bertz CT molecular complexity index is 1100. The molecule has 0 aliphatic carbocycles. The Morgan fingerprint density at radius 1 is 0.828 bits per heavy atom. The first-order valence-electron chi connectivity index (χ1n) is 9.25. The second kappa shape index (κ2) is 8.80. The second-order valence-corrected chi connectivity index (χ2v) is 6.36. The zero-order valence-corrected chi connectivity index (χ0v) is 15.7. The number of esters is 1. The van der Waals surface area contributed by atoms with Crippen molar-refractivity contribution in [3.8, 4) is 11.3 Å². The normalized spacial score (nSPS) is 10.3. The van der Waals surface area contributed by atoms with Gasteiger partial charge in [-0.15, -0.1) is 0 Å². The molecule has 0 atom stereocenters. The Labute approximate surface area is 169 Å². The minimum absolute atomic E-state index is 0.221. The molecule has 0 saturated carbocycles. The van der Waals surface area contributed by atoms with E-state index in [1.807, 2.05) is 78.9 Å². The molecular formula is C24H19N3O2. The first-order valence-corrected chi connectivity index (χ1v) is 9.25. The molecule has 1 aromatic heterocycles. The lowest BCUT2D eigenvalue weighted by atomic mass is 10.0. The van der Waals surface area contributed by atoms with Gasteiger partial charge in [-0.1, -0.05) is 66.7 Å². The van der Waals surface area contributed by atoms with Crippen molar-refractivity contribution in [3.05, 3.63) is 108 Å². The van der Waals surface area contributed by atoms with E-state index in [0.29, 0.717) is 22.8 Å². The second-order valence-electron chi connectivity index (χ2n) is 6.36. The van der Waals surface area contributed by atoms with E-state index in [1.54, 1.807) is 18.3 Å². The zero-order chi connectivity index (χ0) is 19.9. The Morgan fingerprint density at radius 2 is 1.52 bits per heavy atom. The molecule has 3 aromatic carbocycles. The monoisotopic (exact) mass is 381 g/mol. The predicted octanol–water partition coefficient (Wildman–Crippen LogP) is 5.24. The topological polar surface area (TPSA) is 64.1 Å². The van der Waals surface area contributed by atoms with Crippen LogP contribution >= 0.6 is 0 Å². The Kier molecular flexibility index (Phi) is 5.58. The summed E-state index contributed by atoms with van der Waals surface area (Å²) in [4.78, 5) is 21.5. The van der Waals surface area contributed by atoms with Gasteiger partial charge in [-0.25, -0.2) is 14.8 Å². The van der Waals surface area contributed by atoms with Gasteiger partial charge in [0, 0.05) is 17.4 Å². The fourth-order valence-corrected chi connectivity index (χ4v) is 2.90. The summed E-state index contributed by atoms with van der Waals surface area (Å²) >= 11 is 0. The molecule has 1 N–H and O–H groups in total. The third-order valence-corrected chi connectivity index (χ3v) is 4.32. The largest absolute Gasteiger partial charge is 0.457 e. The molecule has 0 radical (unpaired) electrons. The van der Waals surface area contributed by atoms with Gasteiger partial charge in [0.15, 0.2) is 0 Å². The Balaban J connectivity index is 1.56. The van der Waals surface area contributed by atoms with Gasteiger partial charge in [0.05, 0.1) is 11.3 Å². The van der Waals surface area contributed by atoms with Crippen LogP contribution in [0.5, 0.6) is 0 Å². The average Bonchev–Trinajstić information content (AvgIpc) is 2.79. The van der Waals surface area contributed by atoms with Gasteiger partial charge >= 0.3 is 5.97 Å². The number of benzene rings is 3. The summed E-state index contributed by atoms with van der Waals surface area (Å²) < 4.78 is 5.50. The molecule has 4 aromatic rings. The van der Waals surface area contributed by atoms with Crippen LogP contribution in [0.3, 0.4) is 0 Å². The number of carbonyl (C=O) groups excluding carboxylic acids is 1. The quantitative estimate of drug-likeness (QED) is 0.463. The SMILES string of the molecule is O=C(OCc1ccccc1)c1ccccc1-c1ccnc(Nc2ccccc2)n1. The predicted molar refractivity (Wildman–Crippen MR) is 113 cm³/mol. The van der Waals surface area contributed by atoms with E-state index in [0.717, 1.165) is 11.3 Å². The van der Waals surface area contributed by atoms with Crippen LogP contribution in [-0.2, 0) is 11.3 Å². The molecule has 0 aliphatic rings. The van der Waals surface area contributed by atoms with Crippen molar-refractivity contribution in [1.82, 2.24) is 9.97 Å². The number of rotatable bonds is 6. The van der Waals surface area contributed by atoms with Crippen LogP contribution in [0.15, 0.2) is 97.2 Å². The summed E-state index contributed by atoms with van der Waals surface area (Å²) in [6, 6.07) is 28.3. The molecule has 29 heavy (non-hydrogen) atoms. The van der Waals surface area contributed by atoms with Crippen LogP contribution in [-0.4, -0.2) is 15.9 Å². The number of aromatic nitrogens is 2. The highest BCUT2D eigenvalue weighted by Gasteiger charge is 2.15. The van der Waals surface area contributed by atoms with Crippen LogP contribution in [0, 0.1) is 0 Å². The van der Waals surface area contributed by atoms with Crippen molar-refractivity contribution in [2.45, 2.75) is 6.61 Å². The lowest BCUT2D eigenvalue weighted by Gasteiger charge is -2.11. The van der Waals surface area contributed by atoms with E-state index in [9.17, 15) is 4.79 Å². The van der Waals surface area contributed by atoms with Gasteiger partial charge in [-0.2, -0.15) is 0 Å². The van der Waals surface area contributed by atoms with E-state index in [-0.39, 0.29) is 12.6 Å². The van der Waals surface area contributed by atoms with Crippen LogP contribution in [0.4, 0.5) is 11.6 Å². The minimum Gasteiger partial charge on any atom is -0.457 e. The first-order chi connectivity index (χ1) is 14.3. The Hall–Kier alpha value is -3.99. The number of ether oxygens (including phenoxy) is 1. The number of hydrogen-bond donors (Lipinski definition) is 1. The van der Waals surface area contributed by atoms with Gasteiger partial charge < -0.3 is 10.1 Å². The van der Waals surface area contributed by atoms with E-state index < -0.39 is 0 Å². The number of para-hydroxylation sites is 1. The highest BCUT2D eigenvalue weighted by Crippen LogP contribution is 2.24. The molecular weight excluding hydrogens is 362 g/mol. The molecule has 0 aliphatic heterocycles. The molecule has 4 rings (SSSR count). The number of hydrogen-bond acceptors (Lipinski definition) is 5. The van der Waals surface area contributed by atoms with Gasteiger partial charge in [-0.3, -0.25) is 0 Å². The smallest absolute Gasteiger partial charge is 0.339 e. The van der Waals surface area contributed by atoms with Crippen molar-refractivity contribution >= 4 is 17.6 Å². The molecule has 0 unspecified atom stereocenters. The lowest BCUT2D eigenvalue weighted by molar-refractivity contribution is 0.0473. The van der Waals surface area contributed by atoms with E-state index in [2.05, 4.69) is 15.3 Å². The summed E-state index contributed by atoms with van der Waals surface area (Å²) in [5.74, 6) is 0.0711. The fourth-order valence-electron chi connectivity index (χ4n) is 2.90. The summed E-state index contributed by atoms with van der Waals surface area (Å²) in [6.45, 7) is 0.221. The molecule has 5 nitrogen and oxygen atoms in total. The van der Waals surface area contributed by atoms with E-state index in [1.165, 1.54) is 0 Å². The standard InChI is InChI=1S/C24H19N3O2/c28-23(29-17-18-9-3-1-4-10-18)21-14-8-7-13-20(21)22-15-16-25-24(27-22)26-19-11-5-2-6-12-19/h1-16H,17H2,(H,25,26,27). The third kappa shape index (κ3) is 4.65. The molecule has 1 heterocycles. The minimum atomic E-state index is -0.388. The first kappa shape index (κ1) is 18.4. The van der Waals surface area contributed by atoms with Gasteiger partial charge in [0.2, 0.25) is 5.95 Å². The van der Waals surface area contributed by atoms with Crippen molar-refractivity contribution in [1.29, 1.82) is 0 Å². The summed E-state index contributed by atoms with van der Waals surface area (Å²) in [5, 5.41) is 3.17. The molecule has 0 fully saturated rings. The van der Waals surface area contributed by atoms with Gasteiger partial charge in [-0.05, 0) is 29.8 Å². The maximum Gasteiger partial charge on any atom is 0.339 e. The van der Waals surface area contributed by atoms with Crippen LogP contribution in [0.1, 0.15) is 15.9 Å². The van der Waals surface area contributed by atoms with Crippen molar-refractivity contribution in [2.24, 2.45) is 0 Å². The molecule has 5 heteroatoms.